The first-order chi connectivity index (χ1) is 9.65. The highest BCUT2D eigenvalue weighted by Crippen LogP contribution is 2.21. The maximum atomic E-state index is 3.71. The van der Waals surface area contributed by atoms with E-state index in [-0.39, 0.29) is 0 Å². The van der Waals surface area contributed by atoms with Crippen LogP contribution in [0.2, 0.25) is 0 Å². The first-order valence-electron chi connectivity index (χ1n) is 8.18. The van der Waals surface area contributed by atoms with Crippen LogP contribution in [0.3, 0.4) is 0 Å². The van der Waals surface area contributed by atoms with Crippen molar-refractivity contribution < 1.29 is 0 Å². The zero-order valence-corrected chi connectivity index (χ0v) is 13.6. The first kappa shape index (κ1) is 15.5. The molecule has 0 aliphatic carbocycles. The Balaban J connectivity index is 2.14. The van der Waals surface area contributed by atoms with Gasteiger partial charge in [-0.1, -0.05) is 38.5 Å². The van der Waals surface area contributed by atoms with Crippen LogP contribution >= 0.6 is 0 Å². The number of nitrogens with one attached hydrogen (secondary N) is 1. The first-order valence-corrected chi connectivity index (χ1v) is 8.18. The molecule has 0 radical (unpaired) electrons. The van der Waals surface area contributed by atoms with E-state index in [4.69, 9.17) is 0 Å². The molecule has 1 aliphatic rings. The minimum Gasteiger partial charge on any atom is -0.311 e. The summed E-state index contributed by atoms with van der Waals surface area (Å²) in [4.78, 5) is 2.71. The number of piperazine rings is 1. The molecule has 2 atom stereocenters. The summed E-state index contributed by atoms with van der Waals surface area (Å²) in [5.41, 5.74) is 4.41. The molecular formula is C18H30N2. The fourth-order valence-corrected chi connectivity index (χ4v) is 3.31. The van der Waals surface area contributed by atoms with E-state index < -0.39 is 0 Å². The molecule has 2 unspecified atom stereocenters. The summed E-state index contributed by atoms with van der Waals surface area (Å²) in [6.45, 7) is 12.5. The fourth-order valence-electron chi connectivity index (χ4n) is 3.31. The van der Waals surface area contributed by atoms with Crippen molar-refractivity contribution in [3.63, 3.8) is 0 Å². The summed E-state index contributed by atoms with van der Waals surface area (Å²) in [5, 5.41) is 3.71. The Morgan fingerprint density at radius 2 is 1.90 bits per heavy atom. The Morgan fingerprint density at radius 3 is 2.50 bits per heavy atom. The molecule has 0 aromatic heterocycles. The minimum absolute atomic E-state index is 0.660. The van der Waals surface area contributed by atoms with Gasteiger partial charge in [-0.25, -0.2) is 0 Å². The second-order valence-corrected chi connectivity index (χ2v) is 6.26. The maximum Gasteiger partial charge on any atom is 0.0243 e. The van der Waals surface area contributed by atoms with Gasteiger partial charge in [-0.15, -0.1) is 0 Å². The quantitative estimate of drug-likeness (QED) is 0.881. The van der Waals surface area contributed by atoms with E-state index in [0.29, 0.717) is 12.1 Å². The van der Waals surface area contributed by atoms with Crippen molar-refractivity contribution in [1.29, 1.82) is 0 Å². The minimum atomic E-state index is 0.660. The lowest BCUT2D eigenvalue weighted by atomic mass is 9.98. The monoisotopic (exact) mass is 274 g/mol. The predicted molar refractivity (Wildman–Crippen MR) is 87.1 cm³/mol. The number of rotatable bonds is 5. The Kier molecular flexibility index (Phi) is 5.62. The molecule has 2 heteroatoms. The van der Waals surface area contributed by atoms with Gasteiger partial charge in [0.25, 0.3) is 0 Å². The van der Waals surface area contributed by atoms with Crippen molar-refractivity contribution >= 4 is 0 Å². The number of hydrogen-bond acceptors (Lipinski definition) is 2. The van der Waals surface area contributed by atoms with Gasteiger partial charge in [0.05, 0.1) is 0 Å². The van der Waals surface area contributed by atoms with Gasteiger partial charge in [0, 0.05) is 31.7 Å². The molecule has 1 fully saturated rings. The summed E-state index contributed by atoms with van der Waals surface area (Å²) in [5.74, 6) is 0. The van der Waals surface area contributed by atoms with Crippen molar-refractivity contribution in [1.82, 2.24) is 10.2 Å². The molecule has 112 valence electrons. The SMILES string of the molecule is CCCC1CNC(CC)CN1Cc1c(C)cccc1C. The van der Waals surface area contributed by atoms with Gasteiger partial charge in [-0.2, -0.15) is 0 Å². The van der Waals surface area contributed by atoms with Crippen LogP contribution in [0.1, 0.15) is 49.8 Å². The molecule has 2 rings (SSSR count). The lowest BCUT2D eigenvalue weighted by molar-refractivity contribution is 0.113. The summed E-state index contributed by atoms with van der Waals surface area (Å²) in [6, 6.07) is 8.02. The van der Waals surface area contributed by atoms with Crippen LogP contribution in [0.5, 0.6) is 0 Å². The summed E-state index contributed by atoms with van der Waals surface area (Å²) >= 11 is 0. The standard InChI is InChI=1S/C18H30N2/c1-5-8-17-11-19-16(6-2)12-20(17)13-18-14(3)9-7-10-15(18)4/h7,9-10,16-17,19H,5-6,8,11-13H2,1-4H3. The van der Waals surface area contributed by atoms with Gasteiger partial charge < -0.3 is 5.32 Å². The third-order valence-corrected chi connectivity index (χ3v) is 4.73. The van der Waals surface area contributed by atoms with E-state index in [0.717, 1.165) is 13.1 Å². The van der Waals surface area contributed by atoms with E-state index in [1.807, 2.05) is 0 Å². The normalized spacial score (nSPS) is 24.0. The second-order valence-electron chi connectivity index (χ2n) is 6.26. The molecular weight excluding hydrogens is 244 g/mol. The Labute approximate surface area is 124 Å². The molecule has 20 heavy (non-hydrogen) atoms. The van der Waals surface area contributed by atoms with E-state index in [1.54, 1.807) is 0 Å². The molecule has 1 saturated heterocycles. The van der Waals surface area contributed by atoms with E-state index in [9.17, 15) is 0 Å². The molecule has 2 nitrogen and oxygen atoms in total. The zero-order valence-electron chi connectivity index (χ0n) is 13.6. The van der Waals surface area contributed by atoms with Crippen LogP contribution in [0.15, 0.2) is 18.2 Å². The Hall–Kier alpha value is -0.860. The molecule has 1 aliphatic heterocycles. The molecule has 0 spiro atoms. The third kappa shape index (κ3) is 3.62. The van der Waals surface area contributed by atoms with E-state index in [1.165, 1.54) is 42.5 Å². The van der Waals surface area contributed by atoms with Gasteiger partial charge in [0.2, 0.25) is 0 Å². The largest absolute Gasteiger partial charge is 0.311 e. The number of benzene rings is 1. The van der Waals surface area contributed by atoms with Crippen LogP contribution in [0, 0.1) is 13.8 Å². The zero-order chi connectivity index (χ0) is 14.5. The van der Waals surface area contributed by atoms with Crippen molar-refractivity contribution in [2.45, 2.75) is 65.6 Å². The van der Waals surface area contributed by atoms with Crippen molar-refractivity contribution in [3.8, 4) is 0 Å². The topological polar surface area (TPSA) is 15.3 Å². The van der Waals surface area contributed by atoms with Crippen molar-refractivity contribution in [3.05, 3.63) is 34.9 Å². The molecule has 1 aromatic carbocycles. The van der Waals surface area contributed by atoms with Crippen LogP contribution in [-0.4, -0.2) is 30.1 Å². The highest BCUT2D eigenvalue weighted by molar-refractivity contribution is 5.33. The Morgan fingerprint density at radius 1 is 1.20 bits per heavy atom. The third-order valence-electron chi connectivity index (χ3n) is 4.73. The molecule has 0 saturated carbocycles. The molecule has 1 heterocycles. The van der Waals surface area contributed by atoms with E-state index >= 15 is 0 Å². The average Bonchev–Trinajstić information content (AvgIpc) is 2.45. The number of aryl methyl sites for hydroxylation is 2. The number of nitrogens with zero attached hydrogens (tertiary/aromatic N) is 1. The Bertz CT molecular complexity index is 407. The van der Waals surface area contributed by atoms with Gasteiger partial charge >= 0.3 is 0 Å². The highest BCUT2D eigenvalue weighted by Gasteiger charge is 2.26. The summed E-state index contributed by atoms with van der Waals surface area (Å²) in [7, 11) is 0. The van der Waals surface area contributed by atoms with Gasteiger partial charge in [0.1, 0.15) is 0 Å². The summed E-state index contributed by atoms with van der Waals surface area (Å²) < 4.78 is 0. The van der Waals surface area contributed by atoms with Crippen LogP contribution in [-0.2, 0) is 6.54 Å². The molecule has 1 aromatic rings. The van der Waals surface area contributed by atoms with Crippen molar-refractivity contribution in [2.24, 2.45) is 0 Å². The van der Waals surface area contributed by atoms with Crippen LogP contribution in [0.4, 0.5) is 0 Å². The van der Waals surface area contributed by atoms with Gasteiger partial charge in [-0.05, 0) is 43.4 Å². The summed E-state index contributed by atoms with van der Waals surface area (Å²) in [6.07, 6.45) is 3.79. The molecule has 0 amide bonds. The second kappa shape index (κ2) is 7.24. The van der Waals surface area contributed by atoms with Gasteiger partial charge in [-0.3, -0.25) is 4.90 Å². The lowest BCUT2D eigenvalue weighted by Crippen LogP contribution is -2.55. The highest BCUT2D eigenvalue weighted by atomic mass is 15.2. The van der Waals surface area contributed by atoms with E-state index in [2.05, 4.69) is 56.1 Å². The smallest absolute Gasteiger partial charge is 0.0243 e. The lowest BCUT2D eigenvalue weighted by Gasteiger charge is -2.41. The maximum absolute atomic E-state index is 3.71. The molecule has 1 N–H and O–H groups in total. The van der Waals surface area contributed by atoms with Crippen molar-refractivity contribution in [2.75, 3.05) is 13.1 Å². The fraction of sp³-hybridized carbons (Fsp3) is 0.667. The number of hydrogen-bond donors (Lipinski definition) is 1. The van der Waals surface area contributed by atoms with Gasteiger partial charge in [0.15, 0.2) is 0 Å². The molecule has 0 bridgehead atoms. The average molecular weight is 274 g/mol. The van der Waals surface area contributed by atoms with Crippen LogP contribution in [0.25, 0.3) is 0 Å². The predicted octanol–water partition coefficient (Wildman–Crippen LogP) is 3.66. The van der Waals surface area contributed by atoms with Crippen LogP contribution < -0.4 is 5.32 Å².